The number of hydrogen-bond donors (Lipinski definition) is 2. The molecule has 114 valence electrons. The molecule has 0 saturated heterocycles. The largest absolute Gasteiger partial charge is 0.468 e. The van der Waals surface area contributed by atoms with Gasteiger partial charge in [0.25, 0.3) is 0 Å². The quantitative estimate of drug-likeness (QED) is 0.821. The van der Waals surface area contributed by atoms with Crippen molar-refractivity contribution in [3.05, 3.63) is 54.0 Å². The molecular weight excluding hydrogens is 288 g/mol. The fraction of sp³-hybridized carbons (Fsp3) is 0.333. The van der Waals surface area contributed by atoms with E-state index in [-0.39, 0.29) is 10.9 Å². The molecule has 21 heavy (non-hydrogen) atoms. The van der Waals surface area contributed by atoms with E-state index in [2.05, 4.69) is 12.2 Å². The molecule has 1 unspecified atom stereocenters. The van der Waals surface area contributed by atoms with Crippen molar-refractivity contribution in [3.8, 4) is 0 Å². The smallest absolute Gasteiger partial charge is 0.238 e. The summed E-state index contributed by atoms with van der Waals surface area (Å²) in [6.07, 6.45) is 3.42. The minimum atomic E-state index is -3.62. The summed E-state index contributed by atoms with van der Waals surface area (Å²) in [5, 5.41) is 8.50. The van der Waals surface area contributed by atoms with Gasteiger partial charge in [-0.25, -0.2) is 13.6 Å². The highest BCUT2D eigenvalue weighted by Gasteiger charge is 2.11. The number of primary sulfonamides is 1. The third-order valence-electron chi connectivity index (χ3n) is 3.35. The first-order valence-electron chi connectivity index (χ1n) is 6.89. The molecule has 0 radical (unpaired) electrons. The van der Waals surface area contributed by atoms with E-state index in [1.165, 1.54) is 12.1 Å². The molecule has 1 aromatic heterocycles. The van der Waals surface area contributed by atoms with Gasteiger partial charge in [0.2, 0.25) is 10.0 Å². The van der Waals surface area contributed by atoms with Gasteiger partial charge in [0, 0.05) is 0 Å². The van der Waals surface area contributed by atoms with Crippen molar-refractivity contribution in [3.63, 3.8) is 0 Å². The molecule has 0 aliphatic carbocycles. The number of nitrogens with two attached hydrogens (primary N) is 1. The Labute approximate surface area is 125 Å². The van der Waals surface area contributed by atoms with E-state index >= 15 is 0 Å². The second-order valence-corrected chi connectivity index (χ2v) is 6.43. The molecule has 0 saturated carbocycles. The van der Waals surface area contributed by atoms with Crippen LogP contribution >= 0.6 is 0 Å². The van der Waals surface area contributed by atoms with Crippen LogP contribution in [0.4, 0.5) is 0 Å². The van der Waals surface area contributed by atoms with Crippen molar-refractivity contribution in [1.82, 2.24) is 5.32 Å². The fourth-order valence-corrected chi connectivity index (χ4v) is 2.69. The average Bonchev–Trinajstić information content (AvgIpc) is 2.97. The summed E-state index contributed by atoms with van der Waals surface area (Å²) in [4.78, 5) is 0.140. The Morgan fingerprint density at radius 3 is 2.48 bits per heavy atom. The van der Waals surface area contributed by atoms with Crippen LogP contribution in [0.15, 0.2) is 52.0 Å². The molecule has 5 nitrogen and oxygen atoms in total. The van der Waals surface area contributed by atoms with Crippen molar-refractivity contribution in [2.24, 2.45) is 5.14 Å². The highest BCUT2D eigenvalue weighted by molar-refractivity contribution is 7.89. The molecule has 0 spiro atoms. The van der Waals surface area contributed by atoms with E-state index in [4.69, 9.17) is 9.56 Å². The predicted octanol–water partition coefficient (Wildman–Crippen LogP) is 2.21. The number of nitrogens with one attached hydrogen (secondary N) is 1. The van der Waals surface area contributed by atoms with E-state index in [0.717, 1.165) is 30.7 Å². The average molecular weight is 308 g/mol. The van der Waals surface area contributed by atoms with Gasteiger partial charge in [0.15, 0.2) is 0 Å². The standard InChI is InChI=1S/C15H20N2O3S/c1-2-14(15-4-3-11-20-15)17-10-9-12-5-7-13(8-6-12)21(16,18)19/h3-8,11,14,17H,2,9-10H2,1H3,(H2,16,18,19). The van der Waals surface area contributed by atoms with Gasteiger partial charge in [-0.2, -0.15) is 0 Å². The summed E-state index contributed by atoms with van der Waals surface area (Å²) in [5.74, 6) is 0.932. The molecule has 1 aromatic carbocycles. The van der Waals surface area contributed by atoms with Gasteiger partial charge in [-0.15, -0.1) is 0 Å². The molecule has 1 heterocycles. The molecule has 0 aliphatic rings. The molecule has 2 aromatic rings. The lowest BCUT2D eigenvalue weighted by Crippen LogP contribution is -2.22. The van der Waals surface area contributed by atoms with Crippen LogP contribution in [0.2, 0.25) is 0 Å². The zero-order valence-electron chi connectivity index (χ0n) is 12.0. The summed E-state index contributed by atoms with van der Waals surface area (Å²) >= 11 is 0. The lowest BCUT2D eigenvalue weighted by Gasteiger charge is -2.14. The van der Waals surface area contributed by atoms with Gasteiger partial charge in [-0.05, 0) is 49.2 Å². The fourth-order valence-electron chi connectivity index (χ4n) is 2.17. The minimum Gasteiger partial charge on any atom is -0.468 e. The van der Waals surface area contributed by atoms with Crippen LogP contribution in [-0.2, 0) is 16.4 Å². The van der Waals surface area contributed by atoms with Gasteiger partial charge >= 0.3 is 0 Å². The Balaban J connectivity index is 1.88. The third-order valence-corrected chi connectivity index (χ3v) is 4.28. The zero-order chi connectivity index (χ0) is 15.3. The first-order valence-corrected chi connectivity index (χ1v) is 8.44. The molecule has 6 heteroatoms. The number of hydrogen-bond acceptors (Lipinski definition) is 4. The van der Waals surface area contributed by atoms with Crippen molar-refractivity contribution in [2.45, 2.75) is 30.7 Å². The van der Waals surface area contributed by atoms with Crippen molar-refractivity contribution < 1.29 is 12.8 Å². The van der Waals surface area contributed by atoms with Crippen LogP contribution in [0.1, 0.15) is 30.7 Å². The Morgan fingerprint density at radius 2 is 1.95 bits per heavy atom. The van der Waals surface area contributed by atoms with E-state index in [1.54, 1.807) is 18.4 Å². The summed E-state index contributed by atoms with van der Waals surface area (Å²) < 4.78 is 27.7. The second kappa shape index (κ2) is 6.89. The number of sulfonamides is 1. The molecule has 0 aliphatic heterocycles. The zero-order valence-corrected chi connectivity index (χ0v) is 12.8. The van der Waals surface area contributed by atoms with Gasteiger partial charge in [0.05, 0.1) is 17.2 Å². The van der Waals surface area contributed by atoms with Crippen molar-refractivity contribution in [2.75, 3.05) is 6.54 Å². The second-order valence-electron chi connectivity index (χ2n) is 4.87. The first kappa shape index (κ1) is 15.8. The number of benzene rings is 1. The maximum atomic E-state index is 11.2. The third kappa shape index (κ3) is 4.42. The lowest BCUT2D eigenvalue weighted by molar-refractivity contribution is 0.406. The summed E-state index contributed by atoms with van der Waals surface area (Å²) in [6.45, 7) is 2.88. The minimum absolute atomic E-state index is 0.140. The number of furan rings is 1. The molecule has 1 atom stereocenters. The number of rotatable bonds is 7. The van der Waals surface area contributed by atoms with Crippen molar-refractivity contribution >= 4 is 10.0 Å². The maximum absolute atomic E-state index is 11.2. The summed E-state index contributed by atoms with van der Waals surface area (Å²) in [5.41, 5.74) is 1.06. The molecular formula is C15H20N2O3S. The highest BCUT2D eigenvalue weighted by Crippen LogP contribution is 2.16. The molecule has 0 fully saturated rings. The molecule has 3 N–H and O–H groups in total. The summed E-state index contributed by atoms with van der Waals surface area (Å²) in [7, 11) is -3.62. The Bertz CT molecular complexity index is 649. The van der Waals surface area contributed by atoms with Gasteiger partial charge in [-0.1, -0.05) is 19.1 Å². The van der Waals surface area contributed by atoms with Gasteiger partial charge < -0.3 is 9.73 Å². The predicted molar refractivity (Wildman–Crippen MR) is 81.3 cm³/mol. The van der Waals surface area contributed by atoms with Crippen LogP contribution in [0.25, 0.3) is 0 Å². The van der Waals surface area contributed by atoms with E-state index in [9.17, 15) is 8.42 Å². The summed E-state index contributed by atoms with van der Waals surface area (Å²) in [6, 6.07) is 10.7. The topological polar surface area (TPSA) is 85.3 Å². The Kier molecular flexibility index (Phi) is 5.17. The van der Waals surface area contributed by atoms with Gasteiger partial charge in [-0.3, -0.25) is 0 Å². The van der Waals surface area contributed by atoms with Crippen LogP contribution < -0.4 is 10.5 Å². The monoisotopic (exact) mass is 308 g/mol. The lowest BCUT2D eigenvalue weighted by atomic mass is 10.1. The molecule has 0 amide bonds. The first-order chi connectivity index (χ1) is 10.0. The van der Waals surface area contributed by atoms with Crippen LogP contribution in [-0.4, -0.2) is 15.0 Å². The van der Waals surface area contributed by atoms with E-state index in [1.807, 2.05) is 12.1 Å². The van der Waals surface area contributed by atoms with Crippen LogP contribution in [0, 0.1) is 0 Å². The molecule has 2 rings (SSSR count). The van der Waals surface area contributed by atoms with Crippen molar-refractivity contribution in [1.29, 1.82) is 0 Å². The van der Waals surface area contributed by atoms with E-state index < -0.39 is 10.0 Å². The molecule has 0 bridgehead atoms. The maximum Gasteiger partial charge on any atom is 0.238 e. The Hall–Kier alpha value is -1.63. The SMILES string of the molecule is CCC(NCCc1ccc(S(N)(=O)=O)cc1)c1ccco1. The van der Waals surface area contributed by atoms with Crippen LogP contribution in [0.3, 0.4) is 0 Å². The Morgan fingerprint density at radius 1 is 1.24 bits per heavy atom. The normalized spacial score (nSPS) is 13.2. The van der Waals surface area contributed by atoms with E-state index in [0.29, 0.717) is 0 Å². The van der Waals surface area contributed by atoms with Gasteiger partial charge in [0.1, 0.15) is 5.76 Å². The highest BCUT2D eigenvalue weighted by atomic mass is 32.2. The van der Waals surface area contributed by atoms with Crippen LogP contribution in [0.5, 0.6) is 0 Å².